The van der Waals surface area contributed by atoms with Gasteiger partial charge in [0.05, 0.1) is 24.2 Å². The Labute approximate surface area is 113 Å². The van der Waals surface area contributed by atoms with Crippen molar-refractivity contribution in [2.24, 2.45) is 0 Å². The van der Waals surface area contributed by atoms with Gasteiger partial charge in [-0.1, -0.05) is 18.1 Å². The summed E-state index contributed by atoms with van der Waals surface area (Å²) in [6.45, 7) is 1.62. The van der Waals surface area contributed by atoms with E-state index >= 15 is 0 Å². The monoisotopic (exact) mass is 260 g/mol. The lowest BCUT2D eigenvalue weighted by molar-refractivity contribution is 0.0829. The van der Waals surface area contributed by atoms with E-state index in [1.165, 1.54) is 31.4 Å². The third kappa shape index (κ3) is 2.50. The molecular formula is C14H20N4O. The fourth-order valence-electron chi connectivity index (χ4n) is 3.35. The maximum absolute atomic E-state index is 8.97. The summed E-state index contributed by atoms with van der Waals surface area (Å²) in [4.78, 5) is 0. The summed E-state index contributed by atoms with van der Waals surface area (Å²) in [5.74, 6) is 0.465. The highest BCUT2D eigenvalue weighted by atomic mass is 16.5. The van der Waals surface area contributed by atoms with Gasteiger partial charge >= 0.3 is 0 Å². The number of hydrogen-bond acceptors (Lipinski definition) is 4. The van der Waals surface area contributed by atoms with Gasteiger partial charge in [-0.3, -0.25) is 0 Å². The largest absolute Gasteiger partial charge is 0.381 e. The molecule has 2 fully saturated rings. The molecule has 2 heterocycles. The minimum atomic E-state index is 0.374. The first-order valence-electron chi connectivity index (χ1n) is 7.29. The van der Waals surface area contributed by atoms with Gasteiger partial charge in [-0.25, -0.2) is 4.68 Å². The molecule has 0 amide bonds. The lowest BCUT2D eigenvalue weighted by Gasteiger charge is -2.25. The minimum absolute atomic E-state index is 0.374. The molecule has 3 rings (SSSR count). The normalized spacial score (nSPS) is 21.6. The fourth-order valence-corrected chi connectivity index (χ4v) is 3.35. The third-order valence-corrected chi connectivity index (χ3v) is 4.33. The first-order valence-corrected chi connectivity index (χ1v) is 7.29. The highest BCUT2D eigenvalue weighted by molar-refractivity contribution is 5.20. The first-order chi connectivity index (χ1) is 9.40. The summed E-state index contributed by atoms with van der Waals surface area (Å²) in [6, 6.07) is 2.72. The van der Waals surface area contributed by atoms with E-state index in [1.807, 2.05) is 0 Å². The van der Waals surface area contributed by atoms with E-state index in [4.69, 9.17) is 10.00 Å². The van der Waals surface area contributed by atoms with Crippen LogP contribution < -0.4 is 0 Å². The lowest BCUT2D eigenvalue weighted by Crippen LogP contribution is -2.20. The molecule has 102 valence electrons. The standard InChI is InChI=1S/C14H20N4O/c15-8-5-13-14(11-6-9-19-10-7-11)18(17-16-13)12-3-1-2-4-12/h11-12H,1-7,9-10H2. The van der Waals surface area contributed by atoms with Crippen LogP contribution in [0.4, 0.5) is 0 Å². The molecule has 0 N–H and O–H groups in total. The molecule has 1 saturated carbocycles. The molecule has 0 atom stereocenters. The molecule has 5 heteroatoms. The Morgan fingerprint density at radius 2 is 1.95 bits per heavy atom. The molecule has 5 nitrogen and oxygen atoms in total. The van der Waals surface area contributed by atoms with Crippen molar-refractivity contribution >= 4 is 0 Å². The molecule has 2 aliphatic rings. The van der Waals surface area contributed by atoms with E-state index in [0.717, 1.165) is 31.7 Å². The molecule has 1 aromatic rings. The predicted molar refractivity (Wildman–Crippen MR) is 69.6 cm³/mol. The molecule has 1 aromatic heterocycles. The Morgan fingerprint density at radius 1 is 1.21 bits per heavy atom. The summed E-state index contributed by atoms with van der Waals surface area (Å²) in [6.07, 6.45) is 7.39. The topological polar surface area (TPSA) is 63.7 Å². The van der Waals surface area contributed by atoms with Crippen LogP contribution in [-0.2, 0) is 11.2 Å². The SMILES string of the molecule is N#CCc1nnn(C2CCCC2)c1C1CCOCC1. The van der Waals surface area contributed by atoms with Gasteiger partial charge in [0.15, 0.2) is 0 Å². The van der Waals surface area contributed by atoms with Crippen LogP contribution in [0, 0.1) is 11.3 Å². The zero-order chi connectivity index (χ0) is 13.1. The second kappa shape index (κ2) is 5.70. The molecule has 0 spiro atoms. The van der Waals surface area contributed by atoms with Crippen LogP contribution in [0.15, 0.2) is 0 Å². The summed E-state index contributed by atoms with van der Waals surface area (Å²) in [5.41, 5.74) is 2.11. The van der Waals surface area contributed by atoms with Gasteiger partial charge in [0.1, 0.15) is 5.69 Å². The lowest BCUT2D eigenvalue weighted by atomic mass is 9.93. The molecular weight excluding hydrogens is 240 g/mol. The van der Waals surface area contributed by atoms with Gasteiger partial charge in [0.2, 0.25) is 0 Å². The Morgan fingerprint density at radius 3 is 2.63 bits per heavy atom. The Hall–Kier alpha value is -1.41. The van der Waals surface area contributed by atoms with E-state index in [9.17, 15) is 0 Å². The number of rotatable bonds is 3. The zero-order valence-corrected chi connectivity index (χ0v) is 11.2. The van der Waals surface area contributed by atoms with Crippen LogP contribution in [0.2, 0.25) is 0 Å². The quantitative estimate of drug-likeness (QED) is 0.836. The molecule has 0 unspecified atom stereocenters. The number of hydrogen-bond donors (Lipinski definition) is 0. The van der Waals surface area contributed by atoms with Gasteiger partial charge < -0.3 is 4.74 Å². The van der Waals surface area contributed by atoms with E-state index < -0.39 is 0 Å². The summed E-state index contributed by atoms with van der Waals surface area (Å²) in [5, 5.41) is 17.6. The van der Waals surface area contributed by atoms with E-state index in [-0.39, 0.29) is 0 Å². The van der Waals surface area contributed by atoms with Crippen LogP contribution in [0.1, 0.15) is 61.9 Å². The maximum atomic E-state index is 8.97. The third-order valence-electron chi connectivity index (χ3n) is 4.33. The number of nitrogens with zero attached hydrogens (tertiary/aromatic N) is 4. The zero-order valence-electron chi connectivity index (χ0n) is 11.2. The summed E-state index contributed by atoms with van der Waals surface area (Å²) < 4.78 is 7.58. The Kier molecular flexibility index (Phi) is 3.79. The van der Waals surface area contributed by atoms with Gasteiger partial charge in [-0.15, -0.1) is 5.10 Å². The molecule has 0 radical (unpaired) electrons. The predicted octanol–water partition coefficient (Wildman–Crippen LogP) is 2.35. The molecule has 0 aromatic carbocycles. The molecule has 1 aliphatic heterocycles. The first kappa shape index (κ1) is 12.6. The number of ether oxygens (including phenoxy) is 1. The summed E-state index contributed by atoms with van der Waals surface area (Å²) in [7, 11) is 0. The average molecular weight is 260 g/mol. The van der Waals surface area contributed by atoms with Crippen molar-refractivity contribution in [2.45, 2.75) is 56.9 Å². The van der Waals surface area contributed by atoms with Gasteiger partial charge in [-0.2, -0.15) is 5.26 Å². The van der Waals surface area contributed by atoms with Crippen molar-refractivity contribution in [3.05, 3.63) is 11.4 Å². The number of aromatic nitrogens is 3. The van der Waals surface area contributed by atoms with Crippen LogP contribution in [0.5, 0.6) is 0 Å². The molecule has 1 aliphatic carbocycles. The molecule has 1 saturated heterocycles. The highest BCUT2D eigenvalue weighted by Crippen LogP contribution is 2.35. The highest BCUT2D eigenvalue weighted by Gasteiger charge is 2.29. The second-order valence-corrected chi connectivity index (χ2v) is 5.53. The Bertz CT molecular complexity index is 464. The van der Waals surface area contributed by atoms with Gasteiger partial charge in [-0.05, 0) is 25.7 Å². The van der Waals surface area contributed by atoms with Crippen LogP contribution >= 0.6 is 0 Å². The molecule has 19 heavy (non-hydrogen) atoms. The van der Waals surface area contributed by atoms with Crippen molar-refractivity contribution in [3.8, 4) is 6.07 Å². The Balaban J connectivity index is 1.92. The van der Waals surface area contributed by atoms with Crippen molar-refractivity contribution in [2.75, 3.05) is 13.2 Å². The second-order valence-electron chi connectivity index (χ2n) is 5.53. The van der Waals surface area contributed by atoms with Crippen molar-refractivity contribution in [1.82, 2.24) is 15.0 Å². The van der Waals surface area contributed by atoms with Crippen LogP contribution in [0.25, 0.3) is 0 Å². The van der Waals surface area contributed by atoms with E-state index in [1.54, 1.807) is 0 Å². The average Bonchev–Trinajstić information content (AvgIpc) is 3.08. The van der Waals surface area contributed by atoms with Crippen molar-refractivity contribution in [1.29, 1.82) is 5.26 Å². The van der Waals surface area contributed by atoms with Gasteiger partial charge in [0.25, 0.3) is 0 Å². The maximum Gasteiger partial charge on any atom is 0.100 e. The smallest absolute Gasteiger partial charge is 0.100 e. The summed E-state index contributed by atoms with van der Waals surface area (Å²) >= 11 is 0. The van der Waals surface area contributed by atoms with Crippen molar-refractivity contribution in [3.63, 3.8) is 0 Å². The van der Waals surface area contributed by atoms with Gasteiger partial charge in [0, 0.05) is 19.1 Å². The van der Waals surface area contributed by atoms with Crippen LogP contribution in [-0.4, -0.2) is 28.2 Å². The number of nitriles is 1. The van der Waals surface area contributed by atoms with E-state index in [2.05, 4.69) is 21.1 Å². The fraction of sp³-hybridized carbons (Fsp3) is 0.786. The van der Waals surface area contributed by atoms with Crippen LogP contribution in [0.3, 0.4) is 0 Å². The molecule has 0 bridgehead atoms. The van der Waals surface area contributed by atoms with E-state index in [0.29, 0.717) is 18.4 Å². The van der Waals surface area contributed by atoms with Crippen molar-refractivity contribution < 1.29 is 4.74 Å². The minimum Gasteiger partial charge on any atom is -0.381 e.